The van der Waals surface area contributed by atoms with E-state index in [2.05, 4.69) is 4.98 Å². The van der Waals surface area contributed by atoms with Crippen molar-refractivity contribution < 1.29 is 9.59 Å². The molecular weight excluding hydrogens is 266 g/mol. The van der Waals surface area contributed by atoms with Crippen LogP contribution >= 0.6 is 0 Å². The van der Waals surface area contributed by atoms with Crippen LogP contribution in [0.4, 0.5) is 0 Å². The Morgan fingerprint density at radius 2 is 2.05 bits per heavy atom. The highest BCUT2D eigenvalue weighted by Gasteiger charge is 2.32. The fourth-order valence-electron chi connectivity index (χ4n) is 2.97. The van der Waals surface area contributed by atoms with E-state index in [1.54, 1.807) is 4.90 Å². The Labute approximate surface area is 123 Å². The van der Waals surface area contributed by atoms with Crippen LogP contribution in [0.2, 0.25) is 0 Å². The molecule has 5 heteroatoms. The molecule has 110 valence electrons. The van der Waals surface area contributed by atoms with Crippen molar-refractivity contribution >= 4 is 22.7 Å². The van der Waals surface area contributed by atoms with Gasteiger partial charge < -0.3 is 15.6 Å². The van der Waals surface area contributed by atoms with Gasteiger partial charge in [0.1, 0.15) is 5.69 Å². The zero-order valence-electron chi connectivity index (χ0n) is 12.0. The van der Waals surface area contributed by atoms with Gasteiger partial charge in [0.25, 0.3) is 5.91 Å². The van der Waals surface area contributed by atoms with Gasteiger partial charge in [0.2, 0.25) is 5.91 Å². The van der Waals surface area contributed by atoms with Gasteiger partial charge in [0, 0.05) is 23.5 Å². The number of nitrogens with one attached hydrogen (secondary N) is 1. The van der Waals surface area contributed by atoms with Gasteiger partial charge in [-0.05, 0) is 31.9 Å². The molecule has 0 spiro atoms. The number of likely N-dealkylation sites (tertiary alicyclic amines) is 1. The lowest BCUT2D eigenvalue weighted by Crippen LogP contribution is -2.48. The Hall–Kier alpha value is -2.30. The topological polar surface area (TPSA) is 79.2 Å². The zero-order chi connectivity index (χ0) is 15.0. The number of piperidine rings is 1. The van der Waals surface area contributed by atoms with E-state index in [9.17, 15) is 9.59 Å². The molecule has 0 bridgehead atoms. The van der Waals surface area contributed by atoms with Crippen LogP contribution in [0.25, 0.3) is 10.9 Å². The number of primary amides is 1. The number of fused-ring (bicyclic) bond motifs is 1. The molecule has 2 aromatic rings. The average Bonchev–Trinajstić information content (AvgIpc) is 2.90. The highest BCUT2D eigenvalue weighted by molar-refractivity contribution is 5.98. The predicted molar refractivity (Wildman–Crippen MR) is 80.7 cm³/mol. The van der Waals surface area contributed by atoms with Gasteiger partial charge in [0.05, 0.1) is 5.92 Å². The van der Waals surface area contributed by atoms with E-state index in [-0.39, 0.29) is 23.8 Å². The molecule has 1 aromatic carbocycles. The lowest BCUT2D eigenvalue weighted by Gasteiger charge is -2.36. The quantitative estimate of drug-likeness (QED) is 0.883. The van der Waals surface area contributed by atoms with Gasteiger partial charge >= 0.3 is 0 Å². The maximum atomic E-state index is 12.7. The summed E-state index contributed by atoms with van der Waals surface area (Å²) in [6.45, 7) is 2.42. The third kappa shape index (κ3) is 2.51. The lowest BCUT2D eigenvalue weighted by atomic mass is 9.92. The smallest absolute Gasteiger partial charge is 0.270 e. The molecule has 0 radical (unpaired) electrons. The molecule has 0 unspecified atom stereocenters. The highest BCUT2D eigenvalue weighted by Crippen LogP contribution is 2.24. The molecule has 3 N–H and O–H groups in total. The number of carbonyl (C=O) groups excluding carboxylic acids is 2. The minimum absolute atomic E-state index is 0.0651. The predicted octanol–water partition coefficient (Wildman–Crippen LogP) is 1.89. The van der Waals surface area contributed by atoms with Crippen molar-refractivity contribution in [1.29, 1.82) is 0 Å². The maximum Gasteiger partial charge on any atom is 0.270 e. The summed E-state index contributed by atoms with van der Waals surface area (Å²) in [5, 5.41) is 1.01. The summed E-state index contributed by atoms with van der Waals surface area (Å²) in [6, 6.07) is 9.76. The van der Waals surface area contributed by atoms with Crippen molar-refractivity contribution in [3.8, 4) is 0 Å². The number of hydrogen-bond acceptors (Lipinski definition) is 2. The summed E-state index contributed by atoms with van der Waals surface area (Å²) < 4.78 is 0. The normalized spacial score (nSPS) is 22.4. The minimum Gasteiger partial charge on any atom is -0.369 e. The minimum atomic E-state index is -0.323. The fraction of sp³-hybridized carbons (Fsp3) is 0.375. The van der Waals surface area contributed by atoms with E-state index in [0.717, 1.165) is 23.7 Å². The van der Waals surface area contributed by atoms with Gasteiger partial charge in [-0.2, -0.15) is 0 Å². The van der Waals surface area contributed by atoms with Crippen LogP contribution in [0.15, 0.2) is 30.3 Å². The molecule has 2 atom stereocenters. The molecule has 0 saturated carbocycles. The molecule has 1 aliphatic heterocycles. The first-order valence-electron chi connectivity index (χ1n) is 7.24. The van der Waals surface area contributed by atoms with Crippen LogP contribution in [0.3, 0.4) is 0 Å². The fourth-order valence-corrected chi connectivity index (χ4v) is 2.97. The molecule has 3 rings (SSSR count). The summed E-state index contributed by atoms with van der Waals surface area (Å²) in [5.41, 5.74) is 6.90. The van der Waals surface area contributed by atoms with E-state index in [1.165, 1.54) is 0 Å². The molecule has 5 nitrogen and oxygen atoms in total. The van der Waals surface area contributed by atoms with Crippen LogP contribution in [0.1, 0.15) is 30.3 Å². The first kappa shape index (κ1) is 13.7. The first-order valence-corrected chi connectivity index (χ1v) is 7.24. The number of carbonyl (C=O) groups is 2. The van der Waals surface area contributed by atoms with Crippen molar-refractivity contribution in [3.05, 3.63) is 36.0 Å². The lowest BCUT2D eigenvalue weighted by molar-refractivity contribution is -0.123. The Balaban J connectivity index is 1.87. The molecule has 0 aliphatic carbocycles. The number of nitrogens with two attached hydrogens (primary N) is 1. The summed E-state index contributed by atoms with van der Waals surface area (Å²) >= 11 is 0. The Morgan fingerprint density at radius 3 is 2.76 bits per heavy atom. The number of benzene rings is 1. The van der Waals surface area contributed by atoms with Gasteiger partial charge in [-0.25, -0.2) is 0 Å². The number of aromatic amines is 1. The molecule has 1 fully saturated rings. The number of amides is 2. The maximum absolute atomic E-state index is 12.7. The summed E-state index contributed by atoms with van der Waals surface area (Å²) in [7, 11) is 0. The molecule has 1 aliphatic rings. The molecular formula is C16H19N3O2. The molecule has 21 heavy (non-hydrogen) atoms. The first-order chi connectivity index (χ1) is 10.1. The highest BCUT2D eigenvalue weighted by atomic mass is 16.2. The van der Waals surface area contributed by atoms with Crippen molar-refractivity contribution in [3.63, 3.8) is 0 Å². The Kier molecular flexibility index (Phi) is 3.41. The number of para-hydroxylation sites is 1. The second kappa shape index (κ2) is 5.24. The number of rotatable bonds is 2. The summed E-state index contributed by atoms with van der Waals surface area (Å²) in [5.74, 6) is -0.629. The van der Waals surface area contributed by atoms with Crippen molar-refractivity contribution in [2.24, 2.45) is 11.7 Å². The number of H-pyrrole nitrogens is 1. The number of hydrogen-bond donors (Lipinski definition) is 2. The van der Waals surface area contributed by atoms with Gasteiger partial charge in [-0.15, -0.1) is 0 Å². The van der Waals surface area contributed by atoms with E-state index >= 15 is 0 Å². The largest absolute Gasteiger partial charge is 0.369 e. The van der Waals surface area contributed by atoms with E-state index in [4.69, 9.17) is 5.73 Å². The molecule has 2 amide bonds. The average molecular weight is 285 g/mol. The van der Waals surface area contributed by atoms with Gasteiger partial charge in [-0.3, -0.25) is 9.59 Å². The summed E-state index contributed by atoms with van der Waals surface area (Å²) in [6.07, 6.45) is 1.56. The Morgan fingerprint density at radius 1 is 1.29 bits per heavy atom. The van der Waals surface area contributed by atoms with Crippen LogP contribution in [-0.2, 0) is 4.79 Å². The van der Waals surface area contributed by atoms with Gasteiger partial charge in [-0.1, -0.05) is 18.2 Å². The Bertz CT molecular complexity index is 659. The van der Waals surface area contributed by atoms with Crippen LogP contribution in [0.5, 0.6) is 0 Å². The molecule has 1 saturated heterocycles. The van der Waals surface area contributed by atoms with E-state index < -0.39 is 0 Å². The SMILES string of the molecule is C[C@H]1CC[C@H](C(N)=O)CN1C(=O)c1cc2ccccc2[nH]1. The van der Waals surface area contributed by atoms with Crippen LogP contribution in [-0.4, -0.2) is 34.3 Å². The van der Waals surface area contributed by atoms with Crippen molar-refractivity contribution in [2.45, 2.75) is 25.8 Å². The van der Waals surface area contributed by atoms with E-state index in [0.29, 0.717) is 12.2 Å². The van der Waals surface area contributed by atoms with Crippen molar-refractivity contribution in [2.75, 3.05) is 6.54 Å². The zero-order valence-corrected chi connectivity index (χ0v) is 12.0. The monoisotopic (exact) mass is 285 g/mol. The number of aromatic nitrogens is 1. The van der Waals surface area contributed by atoms with E-state index in [1.807, 2.05) is 37.3 Å². The van der Waals surface area contributed by atoms with Gasteiger partial charge in [0.15, 0.2) is 0 Å². The van der Waals surface area contributed by atoms with Crippen LogP contribution < -0.4 is 5.73 Å². The second-order valence-corrected chi connectivity index (χ2v) is 5.75. The third-order valence-electron chi connectivity index (χ3n) is 4.31. The summed E-state index contributed by atoms with van der Waals surface area (Å²) in [4.78, 5) is 29.0. The third-order valence-corrected chi connectivity index (χ3v) is 4.31. The van der Waals surface area contributed by atoms with Crippen molar-refractivity contribution in [1.82, 2.24) is 9.88 Å². The standard InChI is InChI=1S/C16H19N3O2/c1-10-6-7-12(15(17)20)9-19(10)16(21)14-8-11-4-2-3-5-13(11)18-14/h2-5,8,10,12,18H,6-7,9H2,1H3,(H2,17,20)/t10-,12-/m0/s1. The molecule has 1 aromatic heterocycles. The van der Waals surface area contributed by atoms with Crippen LogP contribution in [0, 0.1) is 5.92 Å². The molecule has 2 heterocycles. The second-order valence-electron chi connectivity index (χ2n) is 5.75. The number of nitrogens with zero attached hydrogens (tertiary/aromatic N) is 1.